The fraction of sp³-hybridized carbons (Fsp3) is 0.900. The quantitative estimate of drug-likeness (QED) is 0.464. The van der Waals surface area contributed by atoms with Crippen molar-refractivity contribution in [3.8, 4) is 0 Å². The van der Waals surface area contributed by atoms with Crippen LogP contribution in [0.2, 0.25) is 0 Å². The molecule has 1 fully saturated rings. The molecule has 1 aliphatic heterocycles. The van der Waals surface area contributed by atoms with Gasteiger partial charge in [-0.25, -0.2) is 0 Å². The lowest BCUT2D eigenvalue weighted by Crippen LogP contribution is -2.61. The standard InChI is InChI=1S/C10H19NO6/c1-5-6(4-12)17-10(16-2)8(9(5)15)11-3-7(13)14/h5-6,8-12,15H,3-4H2,1-2H3,(H,13,14)/t5-,6?,8?,9+,10-/m1/s1. The van der Waals surface area contributed by atoms with Crippen LogP contribution in [0, 0.1) is 5.92 Å². The van der Waals surface area contributed by atoms with Gasteiger partial charge in [-0.2, -0.15) is 0 Å². The minimum atomic E-state index is -1.02. The number of nitrogens with one attached hydrogen (secondary N) is 1. The molecule has 5 atom stereocenters. The van der Waals surface area contributed by atoms with Gasteiger partial charge in [-0.1, -0.05) is 6.92 Å². The van der Waals surface area contributed by atoms with E-state index in [2.05, 4.69) is 5.32 Å². The van der Waals surface area contributed by atoms with Crippen LogP contribution in [0.5, 0.6) is 0 Å². The van der Waals surface area contributed by atoms with E-state index in [0.717, 1.165) is 0 Å². The van der Waals surface area contributed by atoms with Crippen LogP contribution in [0.3, 0.4) is 0 Å². The molecule has 0 amide bonds. The summed E-state index contributed by atoms with van der Waals surface area (Å²) in [6, 6.07) is -0.631. The zero-order chi connectivity index (χ0) is 13.0. The maximum Gasteiger partial charge on any atom is 0.317 e. The van der Waals surface area contributed by atoms with Crippen molar-refractivity contribution in [3.05, 3.63) is 0 Å². The number of aliphatic carboxylic acids is 1. The summed E-state index contributed by atoms with van der Waals surface area (Å²) >= 11 is 0. The normalized spacial score (nSPS) is 38.0. The molecule has 2 unspecified atom stereocenters. The van der Waals surface area contributed by atoms with Crippen LogP contribution >= 0.6 is 0 Å². The Kier molecular flexibility index (Phi) is 5.29. The van der Waals surface area contributed by atoms with Gasteiger partial charge in [0.25, 0.3) is 0 Å². The lowest BCUT2D eigenvalue weighted by Gasteiger charge is -2.42. The predicted molar refractivity (Wildman–Crippen MR) is 57.4 cm³/mol. The number of rotatable bonds is 5. The summed E-state index contributed by atoms with van der Waals surface area (Å²) in [6.07, 6.45) is -2.14. The Morgan fingerprint density at radius 1 is 1.53 bits per heavy atom. The van der Waals surface area contributed by atoms with Crippen LogP contribution in [0.25, 0.3) is 0 Å². The monoisotopic (exact) mass is 249 g/mol. The summed E-state index contributed by atoms with van der Waals surface area (Å²) in [7, 11) is 1.40. The van der Waals surface area contributed by atoms with E-state index in [-0.39, 0.29) is 19.1 Å². The molecule has 1 saturated heterocycles. The Morgan fingerprint density at radius 2 is 2.18 bits per heavy atom. The first kappa shape index (κ1) is 14.3. The number of carboxylic acid groups (broad SMARTS) is 1. The lowest BCUT2D eigenvalue weighted by atomic mass is 9.89. The number of methoxy groups -OCH3 is 1. The van der Waals surface area contributed by atoms with E-state index in [1.807, 2.05) is 0 Å². The minimum absolute atomic E-state index is 0.219. The van der Waals surface area contributed by atoms with Crippen LogP contribution < -0.4 is 5.32 Å². The highest BCUT2D eigenvalue weighted by Crippen LogP contribution is 2.26. The molecule has 7 nitrogen and oxygen atoms in total. The van der Waals surface area contributed by atoms with Crippen LogP contribution in [-0.2, 0) is 14.3 Å². The van der Waals surface area contributed by atoms with Crippen molar-refractivity contribution in [1.29, 1.82) is 0 Å². The molecular formula is C10H19NO6. The molecule has 4 N–H and O–H groups in total. The first-order valence-electron chi connectivity index (χ1n) is 5.43. The van der Waals surface area contributed by atoms with Crippen molar-refractivity contribution in [2.24, 2.45) is 5.92 Å². The molecule has 0 aromatic rings. The fourth-order valence-electron chi connectivity index (χ4n) is 1.92. The van der Waals surface area contributed by atoms with E-state index < -0.39 is 30.5 Å². The molecule has 17 heavy (non-hydrogen) atoms. The Labute approximate surface area is 99.3 Å². The highest BCUT2D eigenvalue weighted by molar-refractivity contribution is 5.69. The van der Waals surface area contributed by atoms with Crippen molar-refractivity contribution in [3.63, 3.8) is 0 Å². The van der Waals surface area contributed by atoms with Gasteiger partial charge in [0.2, 0.25) is 0 Å². The van der Waals surface area contributed by atoms with Gasteiger partial charge in [-0.3, -0.25) is 10.1 Å². The molecule has 0 aromatic heterocycles. The van der Waals surface area contributed by atoms with Crippen LogP contribution in [-0.4, -0.2) is 66.1 Å². The summed E-state index contributed by atoms with van der Waals surface area (Å²) < 4.78 is 10.5. The molecule has 0 spiro atoms. The number of carbonyl (C=O) groups is 1. The van der Waals surface area contributed by atoms with Gasteiger partial charge in [-0.15, -0.1) is 0 Å². The molecule has 1 aliphatic rings. The highest BCUT2D eigenvalue weighted by Gasteiger charge is 2.42. The number of aliphatic hydroxyl groups excluding tert-OH is 2. The van der Waals surface area contributed by atoms with Gasteiger partial charge < -0.3 is 24.8 Å². The fourth-order valence-corrected chi connectivity index (χ4v) is 1.92. The predicted octanol–water partition coefficient (Wildman–Crippen LogP) is -1.61. The summed E-state index contributed by atoms with van der Waals surface area (Å²) in [5, 5.41) is 30.4. The van der Waals surface area contributed by atoms with Gasteiger partial charge in [-0.05, 0) is 0 Å². The SMILES string of the molecule is CO[C@@H]1OC(CO)[C@@H](C)[C@H](O)C1NCC(=O)O. The number of hydrogen-bond acceptors (Lipinski definition) is 6. The van der Waals surface area contributed by atoms with E-state index in [1.54, 1.807) is 6.92 Å². The van der Waals surface area contributed by atoms with Crippen LogP contribution in [0.15, 0.2) is 0 Å². The van der Waals surface area contributed by atoms with Crippen molar-refractivity contribution in [1.82, 2.24) is 5.32 Å². The van der Waals surface area contributed by atoms with Crippen molar-refractivity contribution < 1.29 is 29.6 Å². The molecule has 0 saturated carbocycles. The smallest absolute Gasteiger partial charge is 0.317 e. The first-order valence-corrected chi connectivity index (χ1v) is 5.43. The summed E-state index contributed by atoms with van der Waals surface area (Å²) in [5.74, 6) is -1.33. The summed E-state index contributed by atoms with van der Waals surface area (Å²) in [6.45, 7) is 1.22. The molecule has 100 valence electrons. The van der Waals surface area contributed by atoms with Gasteiger partial charge in [0.05, 0.1) is 31.4 Å². The minimum Gasteiger partial charge on any atom is -0.480 e. The average molecular weight is 249 g/mol. The molecule has 1 heterocycles. The second kappa shape index (κ2) is 6.27. The van der Waals surface area contributed by atoms with E-state index in [9.17, 15) is 9.90 Å². The van der Waals surface area contributed by atoms with Crippen LogP contribution in [0.1, 0.15) is 6.92 Å². The number of hydrogen-bond donors (Lipinski definition) is 4. The zero-order valence-corrected chi connectivity index (χ0v) is 9.87. The lowest BCUT2D eigenvalue weighted by molar-refractivity contribution is -0.246. The second-order valence-electron chi connectivity index (χ2n) is 4.11. The van der Waals surface area contributed by atoms with Gasteiger partial charge in [0, 0.05) is 13.0 Å². The Bertz CT molecular complexity index is 259. The van der Waals surface area contributed by atoms with Gasteiger partial charge >= 0.3 is 5.97 Å². The Balaban J connectivity index is 2.68. The number of aliphatic hydroxyl groups is 2. The summed E-state index contributed by atoms with van der Waals surface area (Å²) in [5.41, 5.74) is 0. The molecule has 0 radical (unpaired) electrons. The van der Waals surface area contributed by atoms with Crippen molar-refractivity contribution in [2.75, 3.05) is 20.3 Å². The van der Waals surface area contributed by atoms with E-state index in [0.29, 0.717) is 0 Å². The van der Waals surface area contributed by atoms with E-state index in [4.69, 9.17) is 19.7 Å². The summed E-state index contributed by atoms with van der Waals surface area (Å²) in [4.78, 5) is 10.5. The maximum absolute atomic E-state index is 10.5. The second-order valence-corrected chi connectivity index (χ2v) is 4.11. The number of ether oxygens (including phenoxy) is 2. The molecule has 0 aliphatic carbocycles. The van der Waals surface area contributed by atoms with Crippen molar-refractivity contribution >= 4 is 5.97 Å². The third kappa shape index (κ3) is 3.36. The molecule has 0 aromatic carbocycles. The molecule has 0 bridgehead atoms. The molecule has 1 rings (SSSR count). The first-order chi connectivity index (χ1) is 8.01. The topological polar surface area (TPSA) is 108 Å². The average Bonchev–Trinajstić information content (AvgIpc) is 2.30. The Hall–Kier alpha value is -0.730. The third-order valence-corrected chi connectivity index (χ3v) is 3.00. The number of carboxylic acids is 1. The largest absolute Gasteiger partial charge is 0.480 e. The highest BCUT2D eigenvalue weighted by atomic mass is 16.7. The van der Waals surface area contributed by atoms with Crippen LogP contribution in [0.4, 0.5) is 0 Å². The Morgan fingerprint density at radius 3 is 2.65 bits per heavy atom. The van der Waals surface area contributed by atoms with Gasteiger partial charge in [0.1, 0.15) is 0 Å². The maximum atomic E-state index is 10.5. The third-order valence-electron chi connectivity index (χ3n) is 3.00. The van der Waals surface area contributed by atoms with E-state index in [1.165, 1.54) is 7.11 Å². The molecule has 7 heteroatoms. The van der Waals surface area contributed by atoms with E-state index >= 15 is 0 Å². The molecular weight excluding hydrogens is 230 g/mol. The van der Waals surface area contributed by atoms with Gasteiger partial charge in [0.15, 0.2) is 6.29 Å². The van der Waals surface area contributed by atoms with Crippen molar-refractivity contribution in [2.45, 2.75) is 31.5 Å². The zero-order valence-electron chi connectivity index (χ0n) is 9.87.